The molecule has 2 saturated heterocycles. The highest BCUT2D eigenvalue weighted by molar-refractivity contribution is 5.84. The molecule has 0 N–H and O–H groups in total. The fourth-order valence-electron chi connectivity index (χ4n) is 4.93. The predicted octanol–water partition coefficient (Wildman–Crippen LogP) is 3.20. The molecule has 2 aromatic carbocycles. The summed E-state index contributed by atoms with van der Waals surface area (Å²) in [7, 11) is 4.47. The zero-order chi connectivity index (χ0) is 20.8. The number of hydrogen-bond donors (Lipinski definition) is 0. The van der Waals surface area contributed by atoms with Gasteiger partial charge in [0.1, 0.15) is 0 Å². The van der Waals surface area contributed by atoms with Gasteiger partial charge < -0.3 is 19.6 Å². The molecule has 0 unspecified atom stereocenters. The fraction of sp³-hybridized carbons (Fsp3) is 0.615. The van der Waals surface area contributed by atoms with Gasteiger partial charge in [0.2, 0.25) is 0 Å². The Morgan fingerprint density at radius 3 is 1.40 bits per heavy atom. The van der Waals surface area contributed by atoms with Crippen LogP contribution >= 0.6 is 0 Å². The first kappa shape index (κ1) is 21.8. The number of nitrogens with zero attached hydrogens (tertiary/aromatic N) is 4. The summed E-state index contributed by atoms with van der Waals surface area (Å²) in [5.41, 5.74) is 3.17. The molecule has 0 bridgehead atoms. The molecule has 164 valence electrons. The molecular weight excluding hydrogens is 368 g/mol. The van der Waals surface area contributed by atoms with Gasteiger partial charge in [-0.05, 0) is 74.8 Å². The Balaban J connectivity index is 1.35. The van der Waals surface area contributed by atoms with Crippen LogP contribution in [0.1, 0.15) is 24.0 Å². The first-order valence-corrected chi connectivity index (χ1v) is 12.0. The van der Waals surface area contributed by atoms with Crippen molar-refractivity contribution >= 4 is 10.8 Å². The van der Waals surface area contributed by atoms with E-state index in [4.69, 9.17) is 0 Å². The number of piperazine rings is 2. The van der Waals surface area contributed by atoms with Gasteiger partial charge >= 0.3 is 0 Å². The van der Waals surface area contributed by atoms with Crippen LogP contribution in [0.3, 0.4) is 0 Å². The monoisotopic (exact) mass is 408 g/mol. The standard InChI is InChI=1S/C26H40N4/c1-27-13-17-29(18-14-27)11-5-9-25-21-23-7-3-4-8-24(23)22-26(25)10-6-12-30-19-15-28(2)16-20-30/h3-4,7-8,21-22H,5-6,9-20H2,1-2H3. The van der Waals surface area contributed by atoms with E-state index >= 15 is 0 Å². The minimum Gasteiger partial charge on any atom is -0.304 e. The van der Waals surface area contributed by atoms with Crippen LogP contribution in [0, 0.1) is 0 Å². The molecule has 2 fully saturated rings. The molecule has 2 heterocycles. The second kappa shape index (κ2) is 10.7. The fourth-order valence-corrected chi connectivity index (χ4v) is 4.93. The summed E-state index contributed by atoms with van der Waals surface area (Å²) in [6.45, 7) is 12.3. The van der Waals surface area contributed by atoms with Crippen LogP contribution in [0.5, 0.6) is 0 Å². The highest BCUT2D eigenvalue weighted by Crippen LogP contribution is 2.23. The van der Waals surface area contributed by atoms with E-state index in [9.17, 15) is 0 Å². The molecule has 4 heteroatoms. The van der Waals surface area contributed by atoms with Gasteiger partial charge in [0, 0.05) is 52.4 Å². The maximum Gasteiger partial charge on any atom is 0.0110 e. The van der Waals surface area contributed by atoms with E-state index < -0.39 is 0 Å². The minimum atomic E-state index is 1.21. The number of aryl methyl sites for hydroxylation is 2. The minimum absolute atomic E-state index is 1.21. The zero-order valence-corrected chi connectivity index (χ0v) is 19.2. The molecule has 2 aromatic rings. The van der Waals surface area contributed by atoms with Crippen LogP contribution < -0.4 is 0 Å². The Morgan fingerprint density at radius 2 is 1.00 bits per heavy atom. The molecule has 0 atom stereocenters. The summed E-state index contributed by atoms with van der Waals surface area (Å²) in [5, 5.41) is 2.80. The van der Waals surface area contributed by atoms with Crippen molar-refractivity contribution in [2.75, 3.05) is 79.5 Å². The lowest BCUT2D eigenvalue weighted by Crippen LogP contribution is -2.44. The van der Waals surface area contributed by atoms with E-state index in [0.717, 1.165) is 0 Å². The average molecular weight is 409 g/mol. The third-order valence-corrected chi connectivity index (χ3v) is 7.10. The Hall–Kier alpha value is -1.46. The van der Waals surface area contributed by atoms with Crippen molar-refractivity contribution in [3.63, 3.8) is 0 Å². The first-order chi connectivity index (χ1) is 14.7. The SMILES string of the molecule is CN1CCN(CCCc2cc3ccccc3cc2CCCN2CCN(C)CC2)CC1. The highest BCUT2D eigenvalue weighted by Gasteiger charge is 2.15. The van der Waals surface area contributed by atoms with Gasteiger partial charge in [0.15, 0.2) is 0 Å². The van der Waals surface area contributed by atoms with Crippen LogP contribution in [0.25, 0.3) is 10.8 Å². The molecule has 0 aliphatic carbocycles. The normalized spacial score (nSPS) is 20.2. The summed E-state index contributed by atoms with van der Waals surface area (Å²) in [4.78, 5) is 10.2. The molecule has 0 aromatic heterocycles. The molecule has 0 spiro atoms. The quantitative estimate of drug-likeness (QED) is 0.665. The van der Waals surface area contributed by atoms with Crippen LogP contribution in [-0.2, 0) is 12.8 Å². The third-order valence-electron chi connectivity index (χ3n) is 7.10. The predicted molar refractivity (Wildman–Crippen MR) is 128 cm³/mol. The Morgan fingerprint density at radius 1 is 0.600 bits per heavy atom. The number of rotatable bonds is 8. The van der Waals surface area contributed by atoms with E-state index in [1.807, 2.05) is 0 Å². The van der Waals surface area contributed by atoms with Gasteiger partial charge in [-0.2, -0.15) is 0 Å². The Bertz CT molecular complexity index is 722. The highest BCUT2D eigenvalue weighted by atomic mass is 15.2. The summed E-state index contributed by atoms with van der Waals surface area (Å²) in [5.74, 6) is 0. The molecule has 0 amide bonds. The lowest BCUT2D eigenvalue weighted by molar-refractivity contribution is 0.152. The molecule has 4 rings (SSSR count). The van der Waals surface area contributed by atoms with Gasteiger partial charge in [-0.3, -0.25) is 0 Å². The van der Waals surface area contributed by atoms with E-state index in [2.05, 4.69) is 70.1 Å². The smallest absolute Gasteiger partial charge is 0.0110 e. The number of hydrogen-bond acceptors (Lipinski definition) is 4. The van der Waals surface area contributed by atoms with Gasteiger partial charge in [-0.15, -0.1) is 0 Å². The second-order valence-electron chi connectivity index (χ2n) is 9.47. The van der Waals surface area contributed by atoms with E-state index in [-0.39, 0.29) is 0 Å². The summed E-state index contributed by atoms with van der Waals surface area (Å²) < 4.78 is 0. The lowest BCUT2D eigenvalue weighted by Gasteiger charge is -2.32. The van der Waals surface area contributed by atoms with Crippen LogP contribution in [0.2, 0.25) is 0 Å². The summed E-state index contributed by atoms with van der Waals surface area (Å²) in [6.07, 6.45) is 4.96. The number of benzene rings is 2. The summed E-state index contributed by atoms with van der Waals surface area (Å²) >= 11 is 0. The van der Waals surface area contributed by atoms with Crippen LogP contribution in [0.4, 0.5) is 0 Å². The van der Waals surface area contributed by atoms with E-state index in [0.29, 0.717) is 0 Å². The van der Waals surface area contributed by atoms with E-state index in [1.165, 1.54) is 102 Å². The maximum absolute atomic E-state index is 2.65. The zero-order valence-electron chi connectivity index (χ0n) is 19.2. The second-order valence-corrected chi connectivity index (χ2v) is 9.47. The van der Waals surface area contributed by atoms with Gasteiger partial charge in [-0.1, -0.05) is 36.4 Å². The molecule has 30 heavy (non-hydrogen) atoms. The Labute approximate surface area is 183 Å². The van der Waals surface area contributed by atoms with Crippen molar-refractivity contribution in [3.05, 3.63) is 47.5 Å². The molecule has 2 aliphatic rings. The molecular formula is C26H40N4. The lowest BCUT2D eigenvalue weighted by atomic mass is 9.94. The first-order valence-electron chi connectivity index (χ1n) is 12.0. The largest absolute Gasteiger partial charge is 0.304 e. The molecule has 4 nitrogen and oxygen atoms in total. The molecule has 0 saturated carbocycles. The van der Waals surface area contributed by atoms with Crippen LogP contribution in [0.15, 0.2) is 36.4 Å². The van der Waals surface area contributed by atoms with Crippen molar-refractivity contribution in [2.24, 2.45) is 0 Å². The van der Waals surface area contributed by atoms with Crippen molar-refractivity contribution < 1.29 is 0 Å². The topological polar surface area (TPSA) is 13.0 Å². The Kier molecular flexibility index (Phi) is 7.78. The van der Waals surface area contributed by atoms with E-state index in [1.54, 1.807) is 11.1 Å². The van der Waals surface area contributed by atoms with Gasteiger partial charge in [0.05, 0.1) is 0 Å². The van der Waals surface area contributed by atoms with Crippen molar-refractivity contribution in [2.45, 2.75) is 25.7 Å². The average Bonchev–Trinajstić information content (AvgIpc) is 2.76. The van der Waals surface area contributed by atoms with Crippen molar-refractivity contribution in [3.8, 4) is 0 Å². The van der Waals surface area contributed by atoms with Gasteiger partial charge in [-0.25, -0.2) is 0 Å². The van der Waals surface area contributed by atoms with Crippen molar-refractivity contribution in [1.29, 1.82) is 0 Å². The maximum atomic E-state index is 2.65. The molecule has 0 radical (unpaired) electrons. The van der Waals surface area contributed by atoms with Crippen LogP contribution in [-0.4, -0.2) is 99.1 Å². The molecule has 2 aliphatic heterocycles. The number of fused-ring (bicyclic) bond motifs is 1. The summed E-state index contributed by atoms with van der Waals surface area (Å²) in [6, 6.07) is 13.8. The third kappa shape index (κ3) is 6.04. The van der Waals surface area contributed by atoms with Gasteiger partial charge in [0.25, 0.3) is 0 Å². The number of likely N-dealkylation sites (N-methyl/N-ethyl adjacent to an activating group) is 2. The van der Waals surface area contributed by atoms with Crippen molar-refractivity contribution in [1.82, 2.24) is 19.6 Å².